The number of aryl methyl sites for hydroxylation is 1. The van der Waals surface area contributed by atoms with Crippen LogP contribution in [0.25, 0.3) is 0 Å². The molecule has 1 heterocycles. The summed E-state index contributed by atoms with van der Waals surface area (Å²) in [4.78, 5) is 37.0. The largest absolute Gasteiger partial charge is 0.439 e. The first kappa shape index (κ1) is 22.6. The minimum atomic E-state index is -4.59. The Bertz CT molecular complexity index is 966. The maximum Gasteiger partial charge on any atom is 0.417 e. The van der Waals surface area contributed by atoms with E-state index in [1.165, 1.54) is 6.07 Å². The molecule has 31 heavy (non-hydrogen) atoms. The number of nitrogens with one attached hydrogen (secondary N) is 1. The standard InChI is InChI=1S/C21H18ClF3N2O4/c22-16-8-6-13(10-15(16)21(23,24)25)7-9-18(28)26-17(14-4-2-1-3-5-14)11-27-19(29)12-31-20(27)30/h1-6,8,10,17H,7,9,11-12H2,(H,26,28). The van der Waals surface area contributed by atoms with Crippen LogP contribution in [0.1, 0.15) is 29.2 Å². The zero-order valence-electron chi connectivity index (χ0n) is 16.1. The van der Waals surface area contributed by atoms with Gasteiger partial charge in [0.25, 0.3) is 5.91 Å². The Morgan fingerprint density at radius 1 is 1.16 bits per heavy atom. The molecule has 3 rings (SSSR count). The normalized spacial score (nSPS) is 15.0. The van der Waals surface area contributed by atoms with Gasteiger partial charge in [0.2, 0.25) is 5.91 Å². The summed E-state index contributed by atoms with van der Waals surface area (Å²) in [6.45, 7) is -0.473. The molecule has 1 atom stereocenters. The molecule has 0 saturated carbocycles. The van der Waals surface area contributed by atoms with Crippen molar-refractivity contribution in [3.63, 3.8) is 0 Å². The summed E-state index contributed by atoms with van der Waals surface area (Å²) >= 11 is 5.62. The van der Waals surface area contributed by atoms with Crippen molar-refractivity contribution in [2.75, 3.05) is 13.2 Å². The molecule has 1 N–H and O–H groups in total. The van der Waals surface area contributed by atoms with E-state index in [0.29, 0.717) is 11.1 Å². The number of carbonyl (C=O) groups is 3. The number of carbonyl (C=O) groups excluding carboxylic acids is 3. The number of cyclic esters (lactones) is 1. The Labute approximate surface area is 180 Å². The van der Waals surface area contributed by atoms with Gasteiger partial charge < -0.3 is 10.1 Å². The lowest BCUT2D eigenvalue weighted by Gasteiger charge is -2.23. The summed E-state index contributed by atoms with van der Waals surface area (Å²) in [5, 5.41) is 2.33. The molecule has 10 heteroatoms. The van der Waals surface area contributed by atoms with Crippen LogP contribution in [-0.2, 0) is 26.9 Å². The van der Waals surface area contributed by atoms with Crippen molar-refractivity contribution in [3.8, 4) is 0 Å². The number of rotatable bonds is 7. The van der Waals surface area contributed by atoms with Crippen molar-refractivity contribution in [3.05, 3.63) is 70.2 Å². The number of hydrogen-bond acceptors (Lipinski definition) is 4. The molecule has 0 aromatic heterocycles. The van der Waals surface area contributed by atoms with E-state index in [9.17, 15) is 27.6 Å². The highest BCUT2D eigenvalue weighted by atomic mass is 35.5. The molecule has 1 aliphatic rings. The quantitative estimate of drug-likeness (QED) is 0.682. The molecule has 164 valence electrons. The zero-order chi connectivity index (χ0) is 22.6. The molecule has 0 radical (unpaired) electrons. The van der Waals surface area contributed by atoms with Crippen LogP contribution in [0.2, 0.25) is 5.02 Å². The van der Waals surface area contributed by atoms with Crippen LogP contribution in [0, 0.1) is 0 Å². The number of alkyl halides is 3. The van der Waals surface area contributed by atoms with Crippen LogP contribution >= 0.6 is 11.6 Å². The smallest absolute Gasteiger partial charge is 0.417 e. The third-order valence-electron chi connectivity index (χ3n) is 4.72. The summed E-state index contributed by atoms with van der Waals surface area (Å²) in [6, 6.07) is 11.5. The van der Waals surface area contributed by atoms with Crippen LogP contribution in [-0.4, -0.2) is 36.0 Å². The molecule has 1 aliphatic heterocycles. The Hall–Kier alpha value is -3.07. The van der Waals surface area contributed by atoms with Gasteiger partial charge in [0.15, 0.2) is 6.61 Å². The first-order chi connectivity index (χ1) is 14.6. The van der Waals surface area contributed by atoms with Crippen LogP contribution < -0.4 is 5.32 Å². The predicted octanol–water partition coefficient (Wildman–Crippen LogP) is 4.13. The predicted molar refractivity (Wildman–Crippen MR) is 105 cm³/mol. The SMILES string of the molecule is O=C(CCc1ccc(Cl)c(C(F)(F)F)c1)NC(CN1C(=O)COC1=O)c1ccccc1. The topological polar surface area (TPSA) is 75.7 Å². The summed E-state index contributed by atoms with van der Waals surface area (Å²) in [5.74, 6) is -0.960. The fourth-order valence-corrected chi connectivity index (χ4v) is 3.35. The average Bonchev–Trinajstić information content (AvgIpc) is 3.04. The monoisotopic (exact) mass is 454 g/mol. The first-order valence-corrected chi connectivity index (χ1v) is 9.70. The van der Waals surface area contributed by atoms with Crippen molar-refractivity contribution in [1.82, 2.24) is 10.2 Å². The molecular weight excluding hydrogens is 437 g/mol. The minimum Gasteiger partial charge on any atom is -0.439 e. The van der Waals surface area contributed by atoms with Crippen LogP contribution in [0.15, 0.2) is 48.5 Å². The number of benzene rings is 2. The minimum absolute atomic E-state index is 0.0538. The Kier molecular flexibility index (Phi) is 6.84. The number of ether oxygens (including phenoxy) is 1. The van der Waals surface area contributed by atoms with Gasteiger partial charge in [-0.1, -0.05) is 48.0 Å². The highest BCUT2D eigenvalue weighted by molar-refractivity contribution is 6.31. The summed E-state index contributed by atoms with van der Waals surface area (Å²) in [6.07, 6.45) is -5.43. The summed E-state index contributed by atoms with van der Waals surface area (Å²) in [7, 11) is 0. The van der Waals surface area contributed by atoms with Crippen molar-refractivity contribution in [1.29, 1.82) is 0 Å². The molecule has 0 bridgehead atoms. The number of imide groups is 1. The van der Waals surface area contributed by atoms with Crippen molar-refractivity contribution in [2.24, 2.45) is 0 Å². The third kappa shape index (κ3) is 5.75. The second-order valence-electron chi connectivity index (χ2n) is 6.90. The molecule has 1 fully saturated rings. The molecule has 6 nitrogen and oxygen atoms in total. The summed E-state index contributed by atoms with van der Waals surface area (Å²) < 4.78 is 43.7. The molecule has 0 spiro atoms. The summed E-state index contributed by atoms with van der Waals surface area (Å²) in [5.41, 5.74) is 0.0101. The second-order valence-corrected chi connectivity index (χ2v) is 7.31. The fourth-order valence-electron chi connectivity index (χ4n) is 3.13. The molecule has 3 amide bonds. The van der Waals surface area contributed by atoms with E-state index in [4.69, 9.17) is 16.3 Å². The molecule has 1 unspecified atom stereocenters. The van der Waals surface area contributed by atoms with Crippen LogP contribution in [0.5, 0.6) is 0 Å². The van der Waals surface area contributed by atoms with Gasteiger partial charge in [-0.3, -0.25) is 9.59 Å². The highest BCUT2D eigenvalue weighted by Crippen LogP contribution is 2.35. The van der Waals surface area contributed by atoms with E-state index >= 15 is 0 Å². The number of halogens is 4. The van der Waals surface area contributed by atoms with E-state index in [2.05, 4.69) is 5.32 Å². The Morgan fingerprint density at radius 3 is 2.48 bits per heavy atom. The van der Waals surface area contributed by atoms with E-state index in [0.717, 1.165) is 17.0 Å². The zero-order valence-corrected chi connectivity index (χ0v) is 16.9. The molecule has 2 aromatic carbocycles. The van der Waals surface area contributed by atoms with E-state index in [-0.39, 0.29) is 26.0 Å². The molecular formula is C21H18ClF3N2O4. The Morgan fingerprint density at radius 2 is 1.87 bits per heavy atom. The van der Waals surface area contributed by atoms with Crippen molar-refractivity contribution >= 4 is 29.5 Å². The lowest BCUT2D eigenvalue weighted by Crippen LogP contribution is -2.40. The highest BCUT2D eigenvalue weighted by Gasteiger charge is 2.34. The van der Waals surface area contributed by atoms with E-state index in [1.54, 1.807) is 30.3 Å². The van der Waals surface area contributed by atoms with Gasteiger partial charge >= 0.3 is 12.3 Å². The Balaban J connectivity index is 1.68. The lowest BCUT2D eigenvalue weighted by molar-refractivity contribution is -0.137. The van der Waals surface area contributed by atoms with Gasteiger partial charge in [-0.2, -0.15) is 13.2 Å². The molecule has 1 saturated heterocycles. The van der Waals surface area contributed by atoms with Crippen molar-refractivity contribution < 1.29 is 32.3 Å². The van der Waals surface area contributed by atoms with E-state index in [1.807, 2.05) is 0 Å². The third-order valence-corrected chi connectivity index (χ3v) is 5.05. The maximum atomic E-state index is 13.0. The number of amides is 3. The van der Waals surface area contributed by atoms with Gasteiger partial charge in [-0.05, 0) is 29.7 Å². The first-order valence-electron chi connectivity index (χ1n) is 9.32. The van der Waals surface area contributed by atoms with Crippen LogP contribution in [0.3, 0.4) is 0 Å². The van der Waals surface area contributed by atoms with Crippen molar-refractivity contribution in [2.45, 2.75) is 25.1 Å². The number of nitrogens with zero attached hydrogens (tertiary/aromatic N) is 1. The van der Waals surface area contributed by atoms with Crippen LogP contribution in [0.4, 0.5) is 18.0 Å². The lowest BCUT2D eigenvalue weighted by atomic mass is 10.0. The molecule has 2 aromatic rings. The van der Waals surface area contributed by atoms with E-state index < -0.39 is 40.7 Å². The van der Waals surface area contributed by atoms with Gasteiger partial charge in [-0.15, -0.1) is 0 Å². The molecule has 0 aliphatic carbocycles. The van der Waals surface area contributed by atoms with Gasteiger partial charge in [-0.25, -0.2) is 9.69 Å². The fraction of sp³-hybridized carbons (Fsp3) is 0.286. The number of hydrogen-bond donors (Lipinski definition) is 1. The second kappa shape index (κ2) is 9.38. The van der Waals surface area contributed by atoms with Gasteiger partial charge in [0, 0.05) is 6.42 Å². The average molecular weight is 455 g/mol. The van der Waals surface area contributed by atoms with Gasteiger partial charge in [0.05, 0.1) is 23.2 Å². The van der Waals surface area contributed by atoms with Gasteiger partial charge in [0.1, 0.15) is 0 Å². The maximum absolute atomic E-state index is 13.0.